The normalized spacial score (nSPS) is 14.2. The molecule has 0 amide bonds. The number of aryl methyl sites for hydroxylation is 3. The van der Waals surface area contributed by atoms with Crippen LogP contribution in [0.1, 0.15) is 40.4 Å². The zero-order valence-electron chi connectivity index (χ0n) is 15.0. The first-order valence-corrected chi connectivity index (χ1v) is 9.80. The van der Waals surface area contributed by atoms with Crippen molar-refractivity contribution in [2.45, 2.75) is 43.5 Å². The van der Waals surface area contributed by atoms with Crippen LogP contribution in [0.2, 0.25) is 0 Å². The van der Waals surface area contributed by atoms with Crippen LogP contribution in [0.4, 0.5) is 0 Å². The number of carbonyl (C=O) groups excluding carboxylic acids is 1. The number of aromatic amines is 1. The second-order valence-corrected chi connectivity index (χ2v) is 8.10. The molecule has 1 aliphatic rings. The SMILES string of the molecule is Cc1ccc(-c2nc(S[C@@H](C)C(=O)c3ccc4c(c3)CCC4)n[nH]2)cc1. The lowest BCUT2D eigenvalue weighted by molar-refractivity contribution is 0.0994. The zero-order chi connectivity index (χ0) is 18.1. The van der Waals surface area contributed by atoms with Gasteiger partial charge in [-0.1, -0.05) is 53.7 Å². The molecule has 0 aliphatic heterocycles. The second kappa shape index (κ2) is 7.08. The minimum Gasteiger partial charge on any atom is -0.293 e. The summed E-state index contributed by atoms with van der Waals surface area (Å²) in [6.45, 7) is 3.97. The van der Waals surface area contributed by atoms with Crippen LogP contribution in [0.3, 0.4) is 0 Å². The fraction of sp³-hybridized carbons (Fsp3) is 0.286. The number of hydrogen-bond acceptors (Lipinski definition) is 4. The van der Waals surface area contributed by atoms with Crippen LogP contribution in [0.15, 0.2) is 47.6 Å². The Bertz CT molecular complexity index is 946. The van der Waals surface area contributed by atoms with Crippen LogP contribution in [0.25, 0.3) is 11.4 Å². The lowest BCUT2D eigenvalue weighted by Crippen LogP contribution is -2.14. The Hall–Kier alpha value is -2.40. The molecule has 0 fully saturated rings. The molecule has 0 saturated carbocycles. The quantitative estimate of drug-likeness (QED) is 0.530. The van der Waals surface area contributed by atoms with E-state index in [1.165, 1.54) is 34.9 Å². The highest BCUT2D eigenvalue weighted by molar-refractivity contribution is 8.00. The number of thioether (sulfide) groups is 1. The van der Waals surface area contributed by atoms with E-state index in [1.54, 1.807) is 0 Å². The minimum atomic E-state index is -0.226. The maximum Gasteiger partial charge on any atom is 0.209 e. The fourth-order valence-corrected chi connectivity index (χ4v) is 4.11. The molecule has 1 heterocycles. The zero-order valence-corrected chi connectivity index (χ0v) is 15.8. The summed E-state index contributed by atoms with van der Waals surface area (Å²) >= 11 is 1.40. The summed E-state index contributed by atoms with van der Waals surface area (Å²) in [7, 11) is 0. The molecule has 0 spiro atoms. The standard InChI is InChI=1S/C21H21N3OS/c1-13-6-8-16(9-7-13)20-22-21(24-23-20)26-14(2)19(25)18-11-10-15-4-3-5-17(15)12-18/h6-12,14H,3-5H2,1-2H3,(H,22,23,24)/t14-/m0/s1. The van der Waals surface area contributed by atoms with Crippen molar-refractivity contribution in [1.29, 1.82) is 0 Å². The van der Waals surface area contributed by atoms with Crippen LogP contribution in [-0.2, 0) is 12.8 Å². The van der Waals surface area contributed by atoms with E-state index < -0.39 is 0 Å². The number of carbonyl (C=O) groups is 1. The van der Waals surface area contributed by atoms with E-state index in [-0.39, 0.29) is 11.0 Å². The molecule has 3 aromatic rings. The number of rotatable bonds is 5. The van der Waals surface area contributed by atoms with Gasteiger partial charge in [-0.05, 0) is 50.3 Å². The maximum absolute atomic E-state index is 12.8. The summed E-state index contributed by atoms with van der Waals surface area (Å²) in [5.41, 5.74) is 5.70. The Morgan fingerprint density at radius 1 is 1.12 bits per heavy atom. The fourth-order valence-electron chi connectivity index (χ4n) is 3.31. The van der Waals surface area contributed by atoms with E-state index in [2.05, 4.69) is 34.2 Å². The molecule has 26 heavy (non-hydrogen) atoms. The Morgan fingerprint density at radius 2 is 1.88 bits per heavy atom. The molecule has 1 aliphatic carbocycles. The number of aromatic nitrogens is 3. The van der Waals surface area contributed by atoms with Gasteiger partial charge in [0.15, 0.2) is 11.6 Å². The van der Waals surface area contributed by atoms with Crippen molar-refractivity contribution in [2.75, 3.05) is 0 Å². The number of benzene rings is 2. The number of hydrogen-bond donors (Lipinski definition) is 1. The summed E-state index contributed by atoms with van der Waals surface area (Å²) in [6, 6.07) is 14.3. The lowest BCUT2D eigenvalue weighted by Gasteiger charge is -2.09. The summed E-state index contributed by atoms with van der Waals surface area (Å²) in [5, 5.41) is 7.60. The van der Waals surface area contributed by atoms with Crippen molar-refractivity contribution in [2.24, 2.45) is 0 Å². The van der Waals surface area contributed by atoms with E-state index in [1.807, 2.05) is 37.3 Å². The Morgan fingerprint density at radius 3 is 2.69 bits per heavy atom. The largest absolute Gasteiger partial charge is 0.293 e. The third kappa shape index (κ3) is 3.44. The van der Waals surface area contributed by atoms with Gasteiger partial charge in [0.25, 0.3) is 0 Å². The van der Waals surface area contributed by atoms with Crippen LogP contribution >= 0.6 is 11.8 Å². The summed E-state index contributed by atoms with van der Waals surface area (Å²) in [4.78, 5) is 17.3. The minimum absolute atomic E-state index is 0.131. The molecule has 0 unspecified atom stereocenters. The van der Waals surface area contributed by atoms with E-state index in [4.69, 9.17) is 0 Å². The predicted molar refractivity (Wildman–Crippen MR) is 105 cm³/mol. The molecule has 5 heteroatoms. The number of nitrogens with zero attached hydrogens (tertiary/aromatic N) is 2. The van der Waals surface area contributed by atoms with Gasteiger partial charge < -0.3 is 0 Å². The monoisotopic (exact) mass is 363 g/mol. The van der Waals surface area contributed by atoms with Gasteiger partial charge in [-0.2, -0.15) is 0 Å². The molecule has 1 N–H and O–H groups in total. The predicted octanol–water partition coefficient (Wildman–Crippen LogP) is 4.63. The summed E-state index contributed by atoms with van der Waals surface area (Å²) in [5.74, 6) is 0.857. The van der Waals surface area contributed by atoms with Gasteiger partial charge in [-0.15, -0.1) is 5.10 Å². The molecule has 1 aromatic heterocycles. The van der Waals surface area contributed by atoms with Crippen molar-refractivity contribution in [1.82, 2.24) is 15.2 Å². The topological polar surface area (TPSA) is 58.6 Å². The van der Waals surface area contributed by atoms with Gasteiger partial charge >= 0.3 is 0 Å². The Balaban J connectivity index is 1.47. The van der Waals surface area contributed by atoms with Gasteiger partial charge in [0.2, 0.25) is 5.16 Å². The van der Waals surface area contributed by atoms with Crippen molar-refractivity contribution < 1.29 is 4.79 Å². The molecule has 0 saturated heterocycles. The van der Waals surface area contributed by atoms with Gasteiger partial charge in [0.05, 0.1) is 5.25 Å². The molecule has 1 atom stereocenters. The highest BCUT2D eigenvalue weighted by Gasteiger charge is 2.21. The average molecular weight is 363 g/mol. The highest BCUT2D eigenvalue weighted by Crippen LogP contribution is 2.27. The van der Waals surface area contributed by atoms with Gasteiger partial charge in [0.1, 0.15) is 0 Å². The molecule has 0 bridgehead atoms. The summed E-state index contributed by atoms with van der Waals surface area (Å²) < 4.78 is 0. The van der Waals surface area contributed by atoms with Crippen molar-refractivity contribution in [3.63, 3.8) is 0 Å². The number of fused-ring (bicyclic) bond motifs is 1. The van der Waals surface area contributed by atoms with E-state index in [0.717, 1.165) is 29.8 Å². The van der Waals surface area contributed by atoms with E-state index in [9.17, 15) is 4.79 Å². The Kier molecular flexibility index (Phi) is 4.64. The summed E-state index contributed by atoms with van der Waals surface area (Å²) in [6.07, 6.45) is 3.40. The first-order valence-electron chi connectivity index (χ1n) is 8.92. The third-order valence-corrected chi connectivity index (χ3v) is 5.79. The molecule has 4 nitrogen and oxygen atoms in total. The van der Waals surface area contributed by atoms with Crippen molar-refractivity contribution >= 4 is 17.5 Å². The van der Waals surface area contributed by atoms with Crippen LogP contribution in [0, 0.1) is 6.92 Å². The van der Waals surface area contributed by atoms with Crippen LogP contribution in [-0.4, -0.2) is 26.2 Å². The number of ketones is 1. The third-order valence-electron chi connectivity index (χ3n) is 4.82. The molecule has 0 radical (unpaired) electrons. The van der Waals surface area contributed by atoms with Crippen LogP contribution < -0.4 is 0 Å². The van der Waals surface area contributed by atoms with Gasteiger partial charge in [-0.3, -0.25) is 9.89 Å². The van der Waals surface area contributed by atoms with E-state index >= 15 is 0 Å². The van der Waals surface area contributed by atoms with Crippen molar-refractivity contribution in [3.05, 3.63) is 64.7 Å². The highest BCUT2D eigenvalue weighted by atomic mass is 32.2. The first kappa shape index (κ1) is 17.0. The number of H-pyrrole nitrogens is 1. The first-order chi connectivity index (χ1) is 12.6. The molecular weight excluding hydrogens is 342 g/mol. The smallest absolute Gasteiger partial charge is 0.209 e. The van der Waals surface area contributed by atoms with Crippen LogP contribution in [0.5, 0.6) is 0 Å². The van der Waals surface area contributed by atoms with E-state index in [0.29, 0.717) is 5.16 Å². The van der Waals surface area contributed by atoms with Crippen molar-refractivity contribution in [3.8, 4) is 11.4 Å². The lowest BCUT2D eigenvalue weighted by atomic mass is 10.0. The van der Waals surface area contributed by atoms with Gasteiger partial charge in [-0.25, -0.2) is 4.98 Å². The molecular formula is C21H21N3OS. The maximum atomic E-state index is 12.8. The molecule has 132 valence electrons. The average Bonchev–Trinajstić information content (AvgIpc) is 3.30. The number of nitrogens with one attached hydrogen (secondary N) is 1. The number of Topliss-reactive ketones (excluding diaryl/α,β-unsaturated/α-hetero) is 1. The molecule has 4 rings (SSSR count). The second-order valence-electron chi connectivity index (χ2n) is 6.79. The Labute approximate surface area is 157 Å². The van der Waals surface area contributed by atoms with Gasteiger partial charge in [0, 0.05) is 11.1 Å². The molecule has 2 aromatic carbocycles.